The van der Waals surface area contributed by atoms with Crippen molar-refractivity contribution in [2.75, 3.05) is 11.1 Å². The van der Waals surface area contributed by atoms with Gasteiger partial charge >= 0.3 is 0 Å². The predicted molar refractivity (Wildman–Crippen MR) is 130 cm³/mol. The van der Waals surface area contributed by atoms with Crippen molar-refractivity contribution < 1.29 is 9.59 Å². The van der Waals surface area contributed by atoms with Crippen LogP contribution in [0.2, 0.25) is 0 Å². The molecule has 4 rings (SSSR count). The SMILES string of the molecule is C=CCn1c(SCC(=O)Nc2ccc(C(N)=O)cc2)nc2sc3c(c2c1=O)CCCCC3. The Morgan fingerprint density at radius 1 is 1.22 bits per heavy atom. The van der Waals surface area contributed by atoms with E-state index < -0.39 is 5.91 Å². The largest absolute Gasteiger partial charge is 0.366 e. The lowest BCUT2D eigenvalue weighted by Gasteiger charge is -2.11. The fraction of sp³-hybridized carbons (Fsp3) is 0.304. The van der Waals surface area contributed by atoms with Crippen molar-refractivity contribution in [2.24, 2.45) is 5.73 Å². The van der Waals surface area contributed by atoms with E-state index in [0.29, 0.717) is 23.0 Å². The number of nitrogens with two attached hydrogens (primary N) is 1. The van der Waals surface area contributed by atoms with Crippen LogP contribution in [0.25, 0.3) is 10.2 Å². The summed E-state index contributed by atoms with van der Waals surface area (Å²) in [6, 6.07) is 6.37. The van der Waals surface area contributed by atoms with E-state index in [1.807, 2.05) is 0 Å². The molecule has 0 saturated heterocycles. The Hall–Kier alpha value is -2.91. The zero-order valence-electron chi connectivity index (χ0n) is 17.6. The highest BCUT2D eigenvalue weighted by molar-refractivity contribution is 7.99. The lowest BCUT2D eigenvalue weighted by atomic mass is 10.1. The fourth-order valence-corrected chi connectivity index (χ4v) is 5.95. The Bertz CT molecular complexity index is 1240. The Kier molecular flexibility index (Phi) is 6.76. The van der Waals surface area contributed by atoms with Gasteiger partial charge in [-0.15, -0.1) is 17.9 Å². The minimum absolute atomic E-state index is 0.0563. The number of carbonyl (C=O) groups is 2. The number of allylic oxidation sites excluding steroid dienone is 1. The Morgan fingerprint density at radius 3 is 2.69 bits per heavy atom. The van der Waals surface area contributed by atoms with Gasteiger partial charge in [0, 0.05) is 22.7 Å². The highest BCUT2D eigenvalue weighted by atomic mass is 32.2. The molecule has 0 radical (unpaired) electrons. The molecule has 166 valence electrons. The van der Waals surface area contributed by atoms with E-state index in [9.17, 15) is 14.4 Å². The normalized spacial score (nSPS) is 13.4. The average molecular weight is 469 g/mol. The number of primary amides is 1. The van der Waals surface area contributed by atoms with Crippen LogP contribution in [-0.4, -0.2) is 27.1 Å². The number of thiophene rings is 1. The molecule has 0 aliphatic heterocycles. The highest BCUT2D eigenvalue weighted by Crippen LogP contribution is 2.34. The summed E-state index contributed by atoms with van der Waals surface area (Å²) in [5, 5.41) is 4.03. The van der Waals surface area contributed by atoms with Gasteiger partial charge in [0.2, 0.25) is 11.8 Å². The van der Waals surface area contributed by atoms with Crippen molar-refractivity contribution in [3.05, 3.63) is 63.3 Å². The van der Waals surface area contributed by atoms with Gasteiger partial charge in [-0.25, -0.2) is 4.98 Å². The summed E-state index contributed by atoms with van der Waals surface area (Å²) >= 11 is 2.83. The standard InChI is InChI=1S/C23H24N4O3S2/c1-2-12-27-22(30)19-16-6-4-3-5-7-17(16)32-21(19)26-23(27)31-13-18(28)25-15-10-8-14(9-11-15)20(24)29/h2,8-11H,1,3-7,12-13H2,(H2,24,29)(H,25,28). The molecule has 1 aliphatic carbocycles. The molecule has 2 amide bonds. The van der Waals surface area contributed by atoms with Crippen molar-refractivity contribution in [1.82, 2.24) is 9.55 Å². The molecule has 2 heterocycles. The number of hydrogen-bond acceptors (Lipinski definition) is 6. The molecule has 32 heavy (non-hydrogen) atoms. The van der Waals surface area contributed by atoms with E-state index in [-0.39, 0.29) is 17.2 Å². The molecular weight excluding hydrogens is 444 g/mol. The number of anilines is 1. The number of nitrogens with zero attached hydrogens (tertiary/aromatic N) is 2. The maximum Gasteiger partial charge on any atom is 0.263 e. The second-order valence-electron chi connectivity index (χ2n) is 7.62. The molecule has 1 aromatic carbocycles. The first-order valence-corrected chi connectivity index (χ1v) is 12.3. The number of benzene rings is 1. The van der Waals surface area contributed by atoms with Crippen LogP contribution in [0.15, 0.2) is 46.9 Å². The van der Waals surface area contributed by atoms with Gasteiger partial charge in [0.25, 0.3) is 5.56 Å². The molecule has 0 fully saturated rings. The van der Waals surface area contributed by atoms with Gasteiger partial charge < -0.3 is 11.1 Å². The number of hydrogen-bond donors (Lipinski definition) is 2. The molecule has 0 spiro atoms. The van der Waals surface area contributed by atoms with Gasteiger partial charge in [-0.2, -0.15) is 0 Å². The van der Waals surface area contributed by atoms with Crippen molar-refractivity contribution in [3.8, 4) is 0 Å². The molecular formula is C23H24N4O3S2. The van der Waals surface area contributed by atoms with Crippen LogP contribution in [0.4, 0.5) is 5.69 Å². The number of aryl methyl sites for hydroxylation is 2. The molecule has 3 aromatic rings. The van der Waals surface area contributed by atoms with Crippen LogP contribution < -0.4 is 16.6 Å². The summed E-state index contributed by atoms with van der Waals surface area (Å²) in [5.74, 6) is -0.660. The summed E-state index contributed by atoms with van der Waals surface area (Å²) in [4.78, 5) is 43.8. The fourth-order valence-electron chi connectivity index (χ4n) is 3.84. The number of fused-ring (bicyclic) bond motifs is 3. The Morgan fingerprint density at radius 2 is 1.97 bits per heavy atom. The topological polar surface area (TPSA) is 107 Å². The maximum atomic E-state index is 13.3. The third-order valence-electron chi connectivity index (χ3n) is 5.39. The summed E-state index contributed by atoms with van der Waals surface area (Å²) < 4.78 is 1.60. The third kappa shape index (κ3) is 4.63. The molecule has 0 bridgehead atoms. The monoisotopic (exact) mass is 468 g/mol. The van der Waals surface area contributed by atoms with Crippen LogP contribution in [0.3, 0.4) is 0 Å². The van der Waals surface area contributed by atoms with E-state index in [1.165, 1.54) is 23.1 Å². The molecule has 0 saturated carbocycles. The summed E-state index contributed by atoms with van der Waals surface area (Å²) in [6.07, 6.45) is 7.01. The Labute approximate surface area is 193 Å². The van der Waals surface area contributed by atoms with Crippen LogP contribution in [0.5, 0.6) is 0 Å². The summed E-state index contributed by atoms with van der Waals surface area (Å²) in [5.41, 5.74) is 7.28. The molecule has 1 aliphatic rings. The average Bonchev–Trinajstić information content (AvgIpc) is 2.96. The minimum Gasteiger partial charge on any atom is -0.366 e. The van der Waals surface area contributed by atoms with Crippen molar-refractivity contribution in [3.63, 3.8) is 0 Å². The first-order valence-electron chi connectivity index (χ1n) is 10.5. The number of carbonyl (C=O) groups excluding carboxylic acids is 2. The minimum atomic E-state index is -0.522. The smallest absolute Gasteiger partial charge is 0.263 e. The number of nitrogens with one attached hydrogen (secondary N) is 1. The van der Waals surface area contributed by atoms with E-state index in [0.717, 1.165) is 41.5 Å². The number of thioether (sulfide) groups is 1. The van der Waals surface area contributed by atoms with E-state index in [2.05, 4.69) is 11.9 Å². The van der Waals surface area contributed by atoms with Gasteiger partial charge in [-0.3, -0.25) is 19.0 Å². The van der Waals surface area contributed by atoms with Gasteiger partial charge in [-0.1, -0.05) is 24.3 Å². The van der Waals surface area contributed by atoms with Crippen LogP contribution >= 0.6 is 23.1 Å². The lowest BCUT2D eigenvalue weighted by molar-refractivity contribution is -0.113. The zero-order valence-corrected chi connectivity index (χ0v) is 19.2. The quantitative estimate of drug-likeness (QED) is 0.238. The van der Waals surface area contributed by atoms with Crippen LogP contribution in [-0.2, 0) is 24.2 Å². The summed E-state index contributed by atoms with van der Waals surface area (Å²) in [7, 11) is 0. The predicted octanol–water partition coefficient (Wildman–Crippen LogP) is 3.74. The van der Waals surface area contributed by atoms with Gasteiger partial charge in [0.1, 0.15) is 4.83 Å². The molecule has 2 aromatic heterocycles. The Balaban J connectivity index is 1.56. The van der Waals surface area contributed by atoms with Crippen LogP contribution in [0, 0.1) is 0 Å². The first-order chi connectivity index (χ1) is 15.5. The highest BCUT2D eigenvalue weighted by Gasteiger charge is 2.21. The number of rotatable bonds is 7. The van der Waals surface area contributed by atoms with Gasteiger partial charge in [-0.05, 0) is 55.5 Å². The number of amides is 2. The molecule has 3 N–H and O–H groups in total. The molecule has 9 heteroatoms. The van der Waals surface area contributed by atoms with E-state index >= 15 is 0 Å². The number of aromatic nitrogens is 2. The first kappa shape index (κ1) is 22.3. The van der Waals surface area contributed by atoms with E-state index in [1.54, 1.807) is 46.2 Å². The second kappa shape index (κ2) is 9.70. The molecule has 0 unspecified atom stereocenters. The lowest BCUT2D eigenvalue weighted by Crippen LogP contribution is -2.24. The second-order valence-corrected chi connectivity index (χ2v) is 9.65. The van der Waals surface area contributed by atoms with Crippen molar-refractivity contribution in [2.45, 2.75) is 43.8 Å². The molecule has 0 atom stereocenters. The van der Waals surface area contributed by atoms with E-state index in [4.69, 9.17) is 10.7 Å². The van der Waals surface area contributed by atoms with Crippen molar-refractivity contribution >= 4 is 50.8 Å². The van der Waals surface area contributed by atoms with Crippen molar-refractivity contribution in [1.29, 1.82) is 0 Å². The zero-order chi connectivity index (χ0) is 22.7. The van der Waals surface area contributed by atoms with Gasteiger partial charge in [0.05, 0.1) is 11.1 Å². The molecule has 7 nitrogen and oxygen atoms in total. The van der Waals surface area contributed by atoms with Crippen LogP contribution in [0.1, 0.15) is 40.1 Å². The van der Waals surface area contributed by atoms with Gasteiger partial charge in [0.15, 0.2) is 5.16 Å². The maximum absolute atomic E-state index is 13.3. The summed E-state index contributed by atoms with van der Waals surface area (Å²) in [6.45, 7) is 4.11. The third-order valence-corrected chi connectivity index (χ3v) is 7.55.